The predicted molar refractivity (Wildman–Crippen MR) is 189 cm³/mol. The summed E-state index contributed by atoms with van der Waals surface area (Å²) >= 11 is 0. The van der Waals surface area contributed by atoms with Crippen LogP contribution in [0, 0.1) is 0 Å². The van der Waals surface area contributed by atoms with Crippen LogP contribution in [0.25, 0.3) is 22.3 Å². The first-order chi connectivity index (χ1) is 24.8. The first-order valence-corrected chi connectivity index (χ1v) is 15.5. The van der Waals surface area contributed by atoms with E-state index in [0.29, 0.717) is 39.9 Å². The third-order valence-electron chi connectivity index (χ3n) is 7.36. The number of carbonyl (C=O) groups is 4. The minimum absolute atomic E-state index is 0.129. The van der Waals surface area contributed by atoms with Gasteiger partial charge in [0.2, 0.25) is 6.79 Å². The van der Waals surface area contributed by atoms with E-state index in [1.807, 2.05) is 42.5 Å². The summed E-state index contributed by atoms with van der Waals surface area (Å²) in [5.74, 6) is 0.307. The van der Waals surface area contributed by atoms with Crippen molar-refractivity contribution < 1.29 is 47.6 Å². The van der Waals surface area contributed by atoms with Crippen LogP contribution >= 0.6 is 0 Å². The van der Waals surface area contributed by atoms with Crippen molar-refractivity contribution in [2.45, 2.75) is 0 Å². The molecule has 10 heteroatoms. The molecular weight excluding hydrogens is 652 g/mol. The first-order valence-electron chi connectivity index (χ1n) is 15.5. The van der Waals surface area contributed by atoms with Crippen molar-refractivity contribution in [3.63, 3.8) is 0 Å². The Morgan fingerprint density at radius 3 is 1.57 bits per heavy atom. The van der Waals surface area contributed by atoms with Gasteiger partial charge in [-0.1, -0.05) is 49.6 Å². The molecule has 5 rings (SSSR count). The SMILES string of the molecule is C=CC(=O)COc1ccc(C(=O)Oc2ccc(-c3ccc(-c4ccc(OC(=O)c5ccc(OCOC(=O)C=C)cc5)cc4)cc3OC)cc2)cc1. The van der Waals surface area contributed by atoms with Crippen molar-refractivity contribution in [3.05, 3.63) is 152 Å². The van der Waals surface area contributed by atoms with Gasteiger partial charge in [0.15, 0.2) is 12.4 Å². The second kappa shape index (κ2) is 16.9. The van der Waals surface area contributed by atoms with Crippen LogP contribution in [-0.2, 0) is 14.3 Å². The summed E-state index contributed by atoms with van der Waals surface area (Å²) in [6.07, 6.45) is 2.22. The van der Waals surface area contributed by atoms with Crippen molar-refractivity contribution in [1.29, 1.82) is 0 Å². The van der Waals surface area contributed by atoms with E-state index in [1.165, 1.54) is 6.08 Å². The molecule has 0 aliphatic rings. The molecule has 0 bridgehead atoms. The monoisotopic (exact) mass is 684 g/mol. The molecule has 0 aromatic heterocycles. The van der Waals surface area contributed by atoms with E-state index in [0.717, 1.165) is 28.3 Å². The summed E-state index contributed by atoms with van der Waals surface area (Å²) < 4.78 is 32.2. The average molecular weight is 685 g/mol. The van der Waals surface area contributed by atoms with Gasteiger partial charge in [-0.2, -0.15) is 0 Å². The smallest absolute Gasteiger partial charge is 0.343 e. The Labute approximate surface area is 294 Å². The number of hydrogen-bond donors (Lipinski definition) is 0. The average Bonchev–Trinajstić information content (AvgIpc) is 3.17. The Hall–Kier alpha value is -6.94. The van der Waals surface area contributed by atoms with Gasteiger partial charge in [-0.3, -0.25) is 4.79 Å². The fourth-order valence-electron chi connectivity index (χ4n) is 4.66. The largest absolute Gasteiger partial charge is 0.496 e. The molecule has 10 nitrogen and oxygen atoms in total. The summed E-state index contributed by atoms with van der Waals surface area (Å²) in [5.41, 5.74) is 4.10. The molecule has 0 heterocycles. The lowest BCUT2D eigenvalue weighted by Gasteiger charge is -2.12. The zero-order valence-electron chi connectivity index (χ0n) is 27.5. The number of hydrogen-bond acceptors (Lipinski definition) is 10. The van der Waals surface area contributed by atoms with Gasteiger partial charge in [-0.25, -0.2) is 14.4 Å². The third kappa shape index (κ3) is 9.58. The van der Waals surface area contributed by atoms with Gasteiger partial charge < -0.3 is 28.4 Å². The molecule has 0 atom stereocenters. The predicted octanol–water partition coefficient (Wildman–Crippen LogP) is 7.67. The lowest BCUT2D eigenvalue weighted by atomic mass is 9.99. The number of esters is 3. The van der Waals surface area contributed by atoms with E-state index in [-0.39, 0.29) is 19.2 Å². The molecule has 0 N–H and O–H groups in total. The minimum atomic E-state index is -0.601. The first kappa shape index (κ1) is 35.4. The lowest BCUT2D eigenvalue weighted by molar-refractivity contribution is -0.144. The Bertz CT molecular complexity index is 2030. The second-order valence-electron chi connectivity index (χ2n) is 10.7. The van der Waals surface area contributed by atoms with Crippen LogP contribution in [0.5, 0.6) is 28.7 Å². The maximum absolute atomic E-state index is 12.7. The summed E-state index contributed by atoms with van der Waals surface area (Å²) in [4.78, 5) is 47.8. The van der Waals surface area contributed by atoms with Crippen LogP contribution in [0.4, 0.5) is 0 Å². The molecular formula is C41H32O10. The Morgan fingerprint density at radius 2 is 1.06 bits per heavy atom. The molecule has 0 radical (unpaired) electrons. The fourth-order valence-corrected chi connectivity index (χ4v) is 4.66. The zero-order valence-corrected chi connectivity index (χ0v) is 27.5. The van der Waals surface area contributed by atoms with Crippen molar-refractivity contribution >= 4 is 23.7 Å². The number of benzene rings is 5. The Kier molecular flexibility index (Phi) is 11.7. The number of ketones is 1. The zero-order chi connectivity index (χ0) is 36.2. The van der Waals surface area contributed by atoms with Gasteiger partial charge in [0, 0.05) is 11.6 Å². The fraction of sp³-hybridized carbons (Fsp3) is 0.0732. The Morgan fingerprint density at radius 1 is 0.569 bits per heavy atom. The molecule has 5 aromatic rings. The molecule has 51 heavy (non-hydrogen) atoms. The second-order valence-corrected chi connectivity index (χ2v) is 10.7. The number of carbonyl (C=O) groups excluding carboxylic acids is 4. The molecule has 0 aliphatic carbocycles. The van der Waals surface area contributed by atoms with Crippen molar-refractivity contribution in [2.75, 3.05) is 20.5 Å². The van der Waals surface area contributed by atoms with Crippen molar-refractivity contribution in [1.82, 2.24) is 0 Å². The van der Waals surface area contributed by atoms with Crippen LogP contribution in [0.15, 0.2) is 141 Å². The van der Waals surface area contributed by atoms with Gasteiger partial charge in [-0.05, 0) is 102 Å². The van der Waals surface area contributed by atoms with Gasteiger partial charge in [-0.15, -0.1) is 0 Å². The molecule has 0 fully saturated rings. The number of ether oxygens (including phenoxy) is 6. The highest BCUT2D eigenvalue weighted by atomic mass is 16.7. The maximum Gasteiger partial charge on any atom is 0.343 e. The maximum atomic E-state index is 12.7. The van der Waals surface area contributed by atoms with E-state index < -0.39 is 17.9 Å². The van der Waals surface area contributed by atoms with Gasteiger partial charge >= 0.3 is 17.9 Å². The molecule has 0 aliphatic heterocycles. The number of methoxy groups -OCH3 is 1. The topological polar surface area (TPSA) is 124 Å². The molecule has 0 amide bonds. The Balaban J connectivity index is 1.17. The van der Waals surface area contributed by atoms with Crippen LogP contribution < -0.4 is 23.7 Å². The summed E-state index contributed by atoms with van der Waals surface area (Å²) in [6.45, 7) is 6.31. The molecule has 256 valence electrons. The van der Waals surface area contributed by atoms with Crippen molar-refractivity contribution in [3.8, 4) is 51.0 Å². The highest BCUT2D eigenvalue weighted by molar-refractivity contribution is 5.92. The summed E-state index contributed by atoms with van der Waals surface area (Å²) in [6, 6.07) is 32.5. The van der Waals surface area contributed by atoms with Crippen molar-refractivity contribution in [2.24, 2.45) is 0 Å². The van der Waals surface area contributed by atoms with Gasteiger partial charge in [0.05, 0.1) is 18.2 Å². The van der Waals surface area contributed by atoms with Gasteiger partial charge in [0.25, 0.3) is 0 Å². The van der Waals surface area contributed by atoms with Crippen LogP contribution in [0.1, 0.15) is 20.7 Å². The van der Waals surface area contributed by atoms with Crippen LogP contribution in [0.2, 0.25) is 0 Å². The number of rotatable bonds is 15. The lowest BCUT2D eigenvalue weighted by Crippen LogP contribution is -2.09. The molecule has 0 saturated carbocycles. The molecule has 0 unspecified atom stereocenters. The minimum Gasteiger partial charge on any atom is -0.496 e. The van der Waals surface area contributed by atoms with E-state index in [1.54, 1.807) is 79.9 Å². The summed E-state index contributed by atoms with van der Waals surface area (Å²) in [7, 11) is 1.59. The van der Waals surface area contributed by atoms with E-state index in [4.69, 9.17) is 28.4 Å². The van der Waals surface area contributed by atoms with Gasteiger partial charge in [0.1, 0.15) is 28.7 Å². The van der Waals surface area contributed by atoms with Crippen LogP contribution in [-0.4, -0.2) is 44.2 Å². The molecule has 0 spiro atoms. The van der Waals surface area contributed by atoms with E-state index in [2.05, 4.69) is 13.2 Å². The summed E-state index contributed by atoms with van der Waals surface area (Å²) in [5, 5.41) is 0. The van der Waals surface area contributed by atoms with Crippen LogP contribution in [0.3, 0.4) is 0 Å². The standard InChI is InChI=1S/C41H32O10/c1-4-32(42)25-47-33-15-10-29(11-16-33)40(44)51-36-21-8-28(9-22-36)37-23-14-31(24-38(37)46-3)27-6-19-35(20-7-27)50-41(45)30-12-17-34(18-13-30)48-26-49-39(43)5-2/h4-24H,1-2,25-26H2,3H3. The third-order valence-corrected chi connectivity index (χ3v) is 7.36. The van der Waals surface area contributed by atoms with E-state index >= 15 is 0 Å². The quantitative estimate of drug-likeness (QED) is 0.0470. The molecule has 0 saturated heterocycles. The molecule has 5 aromatic carbocycles. The van der Waals surface area contributed by atoms with E-state index in [9.17, 15) is 19.2 Å². The highest BCUT2D eigenvalue weighted by Crippen LogP contribution is 2.35. The normalized spacial score (nSPS) is 10.3. The highest BCUT2D eigenvalue weighted by Gasteiger charge is 2.13.